The lowest BCUT2D eigenvalue weighted by molar-refractivity contribution is -0.142. The molecular formula is C17H33IN4O2. The lowest BCUT2D eigenvalue weighted by Crippen LogP contribution is -2.55. The van der Waals surface area contributed by atoms with E-state index in [2.05, 4.69) is 22.1 Å². The van der Waals surface area contributed by atoms with Crippen molar-refractivity contribution < 1.29 is 9.53 Å². The van der Waals surface area contributed by atoms with Crippen LogP contribution in [0.4, 0.5) is 0 Å². The Bertz CT molecular complexity index is 392. The Kier molecular flexibility index (Phi) is 10.6. The topological polar surface area (TPSA) is 57.2 Å². The number of ether oxygens (including phenoxy) is 1. The molecule has 2 rings (SSSR count). The van der Waals surface area contributed by atoms with Crippen LogP contribution in [0.25, 0.3) is 0 Å². The summed E-state index contributed by atoms with van der Waals surface area (Å²) in [6.07, 6.45) is 6.69. The maximum Gasteiger partial charge on any atom is 0.251 e. The fraction of sp³-hybridized carbons (Fsp3) is 0.882. The van der Waals surface area contributed by atoms with Gasteiger partial charge in [-0.05, 0) is 19.3 Å². The van der Waals surface area contributed by atoms with E-state index in [0.29, 0.717) is 0 Å². The third kappa shape index (κ3) is 6.38. The molecule has 1 unspecified atom stereocenters. The van der Waals surface area contributed by atoms with E-state index in [9.17, 15) is 4.79 Å². The lowest BCUT2D eigenvalue weighted by atomic mass is 10.2. The van der Waals surface area contributed by atoms with Crippen LogP contribution in [-0.2, 0) is 9.53 Å². The summed E-state index contributed by atoms with van der Waals surface area (Å²) in [6.45, 7) is 7.13. The number of amides is 1. The highest BCUT2D eigenvalue weighted by molar-refractivity contribution is 14.0. The first-order chi connectivity index (χ1) is 11.3. The number of nitrogens with one attached hydrogen (secondary N) is 1. The van der Waals surface area contributed by atoms with Crippen molar-refractivity contribution in [3.63, 3.8) is 0 Å². The number of carbonyl (C=O) groups is 1. The minimum absolute atomic E-state index is 0. The van der Waals surface area contributed by atoms with Crippen molar-refractivity contribution in [1.82, 2.24) is 15.1 Å². The fourth-order valence-corrected chi connectivity index (χ4v) is 3.20. The van der Waals surface area contributed by atoms with Gasteiger partial charge in [0.15, 0.2) is 5.96 Å². The second kappa shape index (κ2) is 11.9. The zero-order chi connectivity index (χ0) is 16.5. The minimum atomic E-state index is -0.197. The van der Waals surface area contributed by atoms with Gasteiger partial charge in [-0.15, -0.1) is 24.0 Å². The summed E-state index contributed by atoms with van der Waals surface area (Å²) in [6, 6.07) is 0. The molecular weight excluding hydrogens is 419 g/mol. The zero-order valence-electron chi connectivity index (χ0n) is 15.1. The van der Waals surface area contributed by atoms with Crippen molar-refractivity contribution >= 4 is 35.8 Å². The molecule has 7 heteroatoms. The Morgan fingerprint density at radius 2 is 1.88 bits per heavy atom. The van der Waals surface area contributed by atoms with Crippen LogP contribution < -0.4 is 5.32 Å². The predicted molar refractivity (Wildman–Crippen MR) is 108 cm³/mol. The van der Waals surface area contributed by atoms with Crippen molar-refractivity contribution in [1.29, 1.82) is 0 Å². The van der Waals surface area contributed by atoms with Gasteiger partial charge in [-0.2, -0.15) is 0 Å². The average Bonchev–Trinajstić information content (AvgIpc) is 3.12. The van der Waals surface area contributed by atoms with E-state index in [1.807, 2.05) is 11.9 Å². The highest BCUT2D eigenvalue weighted by Crippen LogP contribution is 2.16. The standard InChI is InChI=1S/C17H32N4O2.HI/c1-3-4-5-6-9-19-17(18-2)21-12-10-20(11-13-21)16(22)15-8-7-14-23-15;/h15H,3-14H2,1-2H3,(H,18,19);1H. The molecule has 140 valence electrons. The number of unbranched alkanes of at least 4 members (excludes halogenated alkanes) is 3. The molecule has 0 spiro atoms. The number of piperazine rings is 1. The first kappa shape index (κ1) is 21.5. The quantitative estimate of drug-likeness (QED) is 0.290. The van der Waals surface area contributed by atoms with E-state index in [0.717, 1.165) is 58.1 Å². The van der Waals surface area contributed by atoms with E-state index in [-0.39, 0.29) is 36.0 Å². The number of carbonyl (C=O) groups excluding carboxylic acids is 1. The molecule has 0 saturated carbocycles. The van der Waals surface area contributed by atoms with Crippen LogP contribution in [0.1, 0.15) is 45.4 Å². The Labute approximate surface area is 163 Å². The predicted octanol–water partition coefficient (Wildman–Crippen LogP) is 2.08. The monoisotopic (exact) mass is 452 g/mol. The van der Waals surface area contributed by atoms with Crippen LogP contribution in [0.5, 0.6) is 0 Å². The molecule has 2 aliphatic rings. The molecule has 2 saturated heterocycles. The average molecular weight is 452 g/mol. The van der Waals surface area contributed by atoms with Crippen LogP contribution in [0.3, 0.4) is 0 Å². The van der Waals surface area contributed by atoms with Crippen LogP contribution >= 0.6 is 24.0 Å². The molecule has 2 fully saturated rings. The van der Waals surface area contributed by atoms with Crippen LogP contribution in [0.2, 0.25) is 0 Å². The maximum atomic E-state index is 12.4. The molecule has 2 heterocycles. The molecule has 0 aromatic rings. The van der Waals surface area contributed by atoms with Gasteiger partial charge >= 0.3 is 0 Å². The number of rotatable bonds is 6. The molecule has 1 N–H and O–H groups in total. The molecule has 0 aliphatic carbocycles. The van der Waals surface area contributed by atoms with E-state index in [1.165, 1.54) is 25.7 Å². The van der Waals surface area contributed by atoms with Crippen LogP contribution in [0.15, 0.2) is 4.99 Å². The lowest BCUT2D eigenvalue weighted by Gasteiger charge is -2.37. The molecule has 0 aromatic carbocycles. The summed E-state index contributed by atoms with van der Waals surface area (Å²) < 4.78 is 5.51. The number of hydrogen-bond acceptors (Lipinski definition) is 3. The number of nitrogens with zero attached hydrogens (tertiary/aromatic N) is 3. The highest BCUT2D eigenvalue weighted by atomic mass is 127. The van der Waals surface area contributed by atoms with Crippen molar-refractivity contribution in [2.24, 2.45) is 4.99 Å². The number of aliphatic imine (C=N–C) groups is 1. The Balaban J connectivity index is 0.00000288. The van der Waals surface area contributed by atoms with E-state index < -0.39 is 0 Å². The number of hydrogen-bond donors (Lipinski definition) is 1. The Morgan fingerprint density at radius 1 is 1.17 bits per heavy atom. The minimum Gasteiger partial charge on any atom is -0.368 e. The number of guanidine groups is 1. The Morgan fingerprint density at radius 3 is 2.46 bits per heavy atom. The summed E-state index contributed by atoms with van der Waals surface area (Å²) >= 11 is 0. The maximum absolute atomic E-state index is 12.4. The van der Waals surface area contributed by atoms with E-state index >= 15 is 0 Å². The molecule has 0 aromatic heterocycles. The van der Waals surface area contributed by atoms with Crippen LogP contribution in [-0.4, -0.2) is 74.1 Å². The van der Waals surface area contributed by atoms with Gasteiger partial charge in [-0.1, -0.05) is 26.2 Å². The van der Waals surface area contributed by atoms with E-state index in [1.54, 1.807) is 0 Å². The van der Waals surface area contributed by atoms with Gasteiger partial charge in [-0.25, -0.2) is 0 Å². The van der Waals surface area contributed by atoms with Crippen molar-refractivity contribution in [3.05, 3.63) is 0 Å². The van der Waals surface area contributed by atoms with Crippen molar-refractivity contribution in [2.45, 2.75) is 51.6 Å². The zero-order valence-corrected chi connectivity index (χ0v) is 17.5. The third-order valence-corrected chi connectivity index (χ3v) is 4.62. The SMILES string of the molecule is CCCCCCNC(=NC)N1CCN(C(=O)C2CCCO2)CC1.I. The summed E-state index contributed by atoms with van der Waals surface area (Å²) in [5.74, 6) is 1.13. The molecule has 24 heavy (non-hydrogen) atoms. The summed E-state index contributed by atoms with van der Waals surface area (Å²) in [5, 5.41) is 3.44. The third-order valence-electron chi connectivity index (χ3n) is 4.62. The first-order valence-electron chi connectivity index (χ1n) is 9.12. The highest BCUT2D eigenvalue weighted by Gasteiger charge is 2.30. The molecule has 1 amide bonds. The fourth-order valence-electron chi connectivity index (χ4n) is 3.20. The molecule has 0 radical (unpaired) electrons. The molecule has 6 nitrogen and oxygen atoms in total. The summed E-state index contributed by atoms with van der Waals surface area (Å²) in [7, 11) is 1.83. The molecule has 2 aliphatic heterocycles. The van der Waals surface area contributed by atoms with Gasteiger partial charge < -0.3 is 19.9 Å². The second-order valence-electron chi connectivity index (χ2n) is 6.35. The van der Waals surface area contributed by atoms with Gasteiger partial charge in [0.25, 0.3) is 5.91 Å². The summed E-state index contributed by atoms with van der Waals surface area (Å²) in [4.78, 5) is 20.9. The summed E-state index contributed by atoms with van der Waals surface area (Å²) in [5.41, 5.74) is 0. The van der Waals surface area contributed by atoms with Gasteiger partial charge in [0.05, 0.1) is 0 Å². The van der Waals surface area contributed by atoms with Crippen molar-refractivity contribution in [2.75, 3.05) is 46.4 Å². The largest absolute Gasteiger partial charge is 0.368 e. The van der Waals surface area contributed by atoms with Crippen molar-refractivity contribution in [3.8, 4) is 0 Å². The normalized spacial score (nSPS) is 21.6. The smallest absolute Gasteiger partial charge is 0.251 e. The van der Waals surface area contributed by atoms with Gasteiger partial charge in [0, 0.05) is 46.4 Å². The van der Waals surface area contributed by atoms with E-state index in [4.69, 9.17) is 4.74 Å². The first-order valence-corrected chi connectivity index (χ1v) is 9.12. The Hall–Kier alpha value is -0.570. The van der Waals surface area contributed by atoms with Gasteiger partial charge in [0.1, 0.15) is 6.10 Å². The van der Waals surface area contributed by atoms with Gasteiger partial charge in [0.2, 0.25) is 0 Å². The molecule has 1 atom stereocenters. The second-order valence-corrected chi connectivity index (χ2v) is 6.35. The van der Waals surface area contributed by atoms with Crippen LogP contribution in [0, 0.1) is 0 Å². The number of halogens is 1. The van der Waals surface area contributed by atoms with Gasteiger partial charge in [-0.3, -0.25) is 9.79 Å². The molecule has 0 bridgehead atoms.